The zero-order valence-corrected chi connectivity index (χ0v) is 7.04. The molecule has 0 aliphatic heterocycles. The fraction of sp³-hybridized carbons (Fsp3) is 0.333. The molecule has 0 radical (unpaired) electrons. The molecule has 0 amide bonds. The Bertz CT molecular complexity index is 297. The first kappa shape index (κ1) is 8.84. The molecule has 0 aromatic carbocycles. The molecule has 0 aliphatic carbocycles. The number of pyridine rings is 1. The van der Waals surface area contributed by atoms with Crippen molar-refractivity contribution >= 4 is 6.29 Å². The number of carbonyl (C=O) groups is 1. The van der Waals surface area contributed by atoms with E-state index in [1.54, 1.807) is 0 Å². The van der Waals surface area contributed by atoms with Gasteiger partial charge in [-0.2, -0.15) is 0 Å². The molecule has 1 aromatic rings. The van der Waals surface area contributed by atoms with Crippen molar-refractivity contribution in [2.75, 3.05) is 0 Å². The lowest BCUT2D eigenvalue weighted by Crippen LogP contribution is -2.00. The number of aldehydes is 1. The highest BCUT2D eigenvalue weighted by Gasteiger charge is 2.11. The van der Waals surface area contributed by atoms with Gasteiger partial charge in [0.15, 0.2) is 6.29 Å². The van der Waals surface area contributed by atoms with Crippen molar-refractivity contribution in [3.05, 3.63) is 29.3 Å². The van der Waals surface area contributed by atoms with Crippen molar-refractivity contribution < 1.29 is 9.18 Å². The van der Waals surface area contributed by atoms with E-state index < -0.39 is 5.82 Å². The van der Waals surface area contributed by atoms with Crippen molar-refractivity contribution in [1.29, 1.82) is 0 Å². The topological polar surface area (TPSA) is 30.0 Å². The third-order valence-corrected chi connectivity index (χ3v) is 1.67. The highest BCUT2D eigenvalue weighted by molar-refractivity contribution is 5.76. The highest BCUT2D eigenvalue weighted by atomic mass is 19.1. The van der Waals surface area contributed by atoms with E-state index >= 15 is 0 Å². The molecule has 1 heterocycles. The minimum absolute atomic E-state index is 0.00759. The molecule has 12 heavy (non-hydrogen) atoms. The Hall–Kier alpha value is -1.25. The summed E-state index contributed by atoms with van der Waals surface area (Å²) in [5.41, 5.74) is 0.782. The molecular weight excluding hydrogens is 157 g/mol. The zero-order chi connectivity index (χ0) is 9.14. The normalized spacial score (nSPS) is 10.3. The lowest BCUT2D eigenvalue weighted by molar-refractivity contribution is 0.112. The van der Waals surface area contributed by atoms with E-state index in [0.717, 1.165) is 6.20 Å². The third-order valence-electron chi connectivity index (χ3n) is 1.67. The molecule has 2 nitrogen and oxygen atoms in total. The van der Waals surface area contributed by atoms with Gasteiger partial charge in [0.05, 0.1) is 6.20 Å². The van der Waals surface area contributed by atoms with Crippen LogP contribution >= 0.6 is 0 Å². The number of nitrogens with zero attached hydrogens (tertiary/aromatic N) is 1. The lowest BCUT2D eigenvalue weighted by Gasteiger charge is -2.08. The number of carbonyl (C=O) groups excluding carboxylic acids is 1. The summed E-state index contributed by atoms with van der Waals surface area (Å²) in [5.74, 6) is -0.400. The molecule has 0 spiro atoms. The second kappa shape index (κ2) is 3.43. The van der Waals surface area contributed by atoms with Crippen LogP contribution in [0.5, 0.6) is 0 Å². The molecule has 64 valence electrons. The number of halogens is 1. The van der Waals surface area contributed by atoms with Crippen molar-refractivity contribution in [1.82, 2.24) is 4.98 Å². The van der Waals surface area contributed by atoms with Gasteiger partial charge in [-0.1, -0.05) is 13.8 Å². The van der Waals surface area contributed by atoms with Gasteiger partial charge in [0.2, 0.25) is 0 Å². The lowest BCUT2D eigenvalue weighted by atomic mass is 9.99. The Balaban J connectivity index is 3.29. The molecule has 1 rings (SSSR count). The highest BCUT2D eigenvalue weighted by Crippen LogP contribution is 2.20. The number of aromatic nitrogens is 1. The number of rotatable bonds is 2. The zero-order valence-electron chi connectivity index (χ0n) is 7.04. The first-order valence-corrected chi connectivity index (χ1v) is 3.75. The summed E-state index contributed by atoms with van der Waals surface area (Å²) < 4.78 is 13.1. The average Bonchev–Trinajstić information content (AvgIpc) is 2.03. The van der Waals surface area contributed by atoms with Crippen LogP contribution in [-0.4, -0.2) is 11.3 Å². The molecule has 0 atom stereocenters. The molecule has 0 unspecified atom stereocenters. The van der Waals surface area contributed by atoms with Crippen LogP contribution in [0.1, 0.15) is 35.7 Å². The maximum Gasteiger partial charge on any atom is 0.151 e. The number of hydrogen-bond donors (Lipinski definition) is 0. The first-order valence-electron chi connectivity index (χ1n) is 3.75. The maximum atomic E-state index is 13.1. The van der Waals surface area contributed by atoms with E-state index in [0.29, 0.717) is 17.4 Å². The Morgan fingerprint density at radius 1 is 1.50 bits per heavy atom. The number of hydrogen-bond acceptors (Lipinski definition) is 2. The predicted octanol–water partition coefficient (Wildman–Crippen LogP) is 2.16. The Kier molecular flexibility index (Phi) is 2.53. The summed E-state index contributed by atoms with van der Waals surface area (Å²) in [7, 11) is 0. The minimum Gasteiger partial charge on any atom is -0.298 e. The van der Waals surface area contributed by atoms with E-state index in [4.69, 9.17) is 0 Å². The quantitative estimate of drug-likeness (QED) is 0.632. The van der Waals surface area contributed by atoms with Crippen LogP contribution in [0.4, 0.5) is 4.39 Å². The second-order valence-electron chi connectivity index (χ2n) is 2.90. The van der Waals surface area contributed by atoms with E-state index in [9.17, 15) is 9.18 Å². The Morgan fingerprint density at radius 3 is 2.58 bits per heavy atom. The van der Waals surface area contributed by atoms with Gasteiger partial charge < -0.3 is 0 Å². The van der Waals surface area contributed by atoms with Gasteiger partial charge in [-0.15, -0.1) is 0 Å². The predicted molar refractivity (Wildman–Crippen MR) is 43.7 cm³/mol. The van der Waals surface area contributed by atoms with Gasteiger partial charge in [-0.3, -0.25) is 9.78 Å². The molecule has 0 saturated heterocycles. The molecule has 0 N–H and O–H groups in total. The second-order valence-corrected chi connectivity index (χ2v) is 2.90. The molecule has 0 bridgehead atoms. The van der Waals surface area contributed by atoms with Gasteiger partial charge in [-0.25, -0.2) is 4.39 Å². The van der Waals surface area contributed by atoms with Crippen molar-refractivity contribution in [3.63, 3.8) is 0 Å². The summed E-state index contributed by atoms with van der Waals surface area (Å²) in [4.78, 5) is 14.1. The van der Waals surface area contributed by atoms with Gasteiger partial charge in [0, 0.05) is 17.3 Å². The fourth-order valence-electron chi connectivity index (χ4n) is 1.16. The van der Waals surface area contributed by atoms with Gasteiger partial charge in [0.1, 0.15) is 5.82 Å². The van der Waals surface area contributed by atoms with Crippen molar-refractivity contribution in [2.45, 2.75) is 19.8 Å². The largest absolute Gasteiger partial charge is 0.298 e. The summed E-state index contributed by atoms with van der Waals surface area (Å²) in [6.07, 6.45) is 3.14. The van der Waals surface area contributed by atoms with E-state index in [-0.39, 0.29) is 5.92 Å². The smallest absolute Gasteiger partial charge is 0.151 e. The fourth-order valence-corrected chi connectivity index (χ4v) is 1.16. The van der Waals surface area contributed by atoms with Gasteiger partial charge >= 0.3 is 0 Å². The maximum absolute atomic E-state index is 13.1. The van der Waals surface area contributed by atoms with Crippen LogP contribution in [-0.2, 0) is 0 Å². The van der Waals surface area contributed by atoms with E-state index in [2.05, 4.69) is 4.98 Å². The van der Waals surface area contributed by atoms with E-state index in [1.807, 2.05) is 13.8 Å². The van der Waals surface area contributed by atoms with Crippen molar-refractivity contribution in [3.8, 4) is 0 Å². The Labute approximate surface area is 70.4 Å². The average molecular weight is 167 g/mol. The third kappa shape index (κ3) is 1.49. The molecule has 1 aromatic heterocycles. The summed E-state index contributed by atoms with van der Waals surface area (Å²) in [5, 5.41) is 0. The van der Waals surface area contributed by atoms with Gasteiger partial charge in [-0.05, 0) is 5.92 Å². The van der Waals surface area contributed by atoms with Crippen LogP contribution in [0.3, 0.4) is 0 Å². The first-order chi connectivity index (χ1) is 5.66. The van der Waals surface area contributed by atoms with Crippen LogP contribution in [0.15, 0.2) is 12.4 Å². The van der Waals surface area contributed by atoms with Crippen LogP contribution in [0.25, 0.3) is 0 Å². The monoisotopic (exact) mass is 167 g/mol. The van der Waals surface area contributed by atoms with E-state index in [1.165, 1.54) is 6.20 Å². The molecule has 0 saturated carbocycles. The molecule has 3 heteroatoms. The van der Waals surface area contributed by atoms with Crippen LogP contribution in [0, 0.1) is 5.82 Å². The van der Waals surface area contributed by atoms with Crippen LogP contribution < -0.4 is 0 Å². The molecule has 0 fully saturated rings. The Morgan fingerprint density at radius 2 is 2.17 bits per heavy atom. The SMILES string of the molecule is CC(C)c1c(F)cncc1C=O. The molecule has 0 aliphatic rings. The van der Waals surface area contributed by atoms with Crippen LogP contribution in [0.2, 0.25) is 0 Å². The van der Waals surface area contributed by atoms with Gasteiger partial charge in [0.25, 0.3) is 0 Å². The summed E-state index contributed by atoms with van der Waals surface area (Å²) in [6, 6.07) is 0. The summed E-state index contributed by atoms with van der Waals surface area (Å²) >= 11 is 0. The standard InChI is InChI=1S/C9H10FNO/c1-6(2)9-7(5-12)3-11-4-8(9)10/h3-6H,1-2H3. The molecular formula is C9H10FNO. The van der Waals surface area contributed by atoms with Crippen molar-refractivity contribution in [2.24, 2.45) is 0 Å². The minimum atomic E-state index is -0.408. The summed E-state index contributed by atoms with van der Waals surface area (Å²) in [6.45, 7) is 3.68.